The maximum absolute atomic E-state index is 13.6. The molecule has 0 bridgehead atoms. The molecule has 3 N–H and O–H groups in total. The number of carboxylic acids is 1. The number of hydrogen-bond donors (Lipinski definition) is 3. The minimum atomic E-state index is -0.999. The summed E-state index contributed by atoms with van der Waals surface area (Å²) >= 11 is 0. The molecule has 0 amide bonds. The van der Waals surface area contributed by atoms with Crippen molar-refractivity contribution in [3.05, 3.63) is 71.7 Å². The van der Waals surface area contributed by atoms with Gasteiger partial charge in [-0.05, 0) is 12.1 Å². The van der Waals surface area contributed by atoms with Gasteiger partial charge in [-0.3, -0.25) is 10.1 Å². The molecule has 4 nitrogen and oxygen atoms in total. The van der Waals surface area contributed by atoms with Gasteiger partial charge in [-0.1, -0.05) is 36.4 Å². The van der Waals surface area contributed by atoms with E-state index in [2.05, 4.69) is 10.3 Å². The van der Waals surface area contributed by atoms with Crippen molar-refractivity contribution < 1.29 is 14.3 Å². The van der Waals surface area contributed by atoms with E-state index in [1.807, 2.05) is 24.3 Å². The summed E-state index contributed by atoms with van der Waals surface area (Å²) < 4.78 is 13.6. The molecule has 112 valence electrons. The highest BCUT2D eigenvalue weighted by atomic mass is 19.1. The second kappa shape index (κ2) is 5.99. The van der Waals surface area contributed by atoms with E-state index >= 15 is 0 Å². The lowest BCUT2D eigenvalue weighted by Crippen LogP contribution is -2.28. The summed E-state index contributed by atoms with van der Waals surface area (Å²) in [7, 11) is 0. The van der Waals surface area contributed by atoms with E-state index in [0.29, 0.717) is 11.1 Å². The average molecular weight is 298 g/mol. The predicted octanol–water partition coefficient (Wildman–Crippen LogP) is 3.22. The van der Waals surface area contributed by atoms with Crippen molar-refractivity contribution in [2.45, 2.75) is 12.6 Å². The second-order valence-corrected chi connectivity index (χ2v) is 5.03. The first-order valence-corrected chi connectivity index (χ1v) is 6.92. The van der Waals surface area contributed by atoms with Crippen molar-refractivity contribution in [3.63, 3.8) is 0 Å². The van der Waals surface area contributed by atoms with Crippen molar-refractivity contribution in [2.24, 2.45) is 0 Å². The number of carboxylic acid groups (broad SMARTS) is 1. The van der Waals surface area contributed by atoms with Crippen molar-refractivity contribution in [1.29, 1.82) is 0 Å². The van der Waals surface area contributed by atoms with Gasteiger partial charge in [-0.15, -0.1) is 0 Å². The Morgan fingerprint density at radius 3 is 2.68 bits per heavy atom. The molecular weight excluding hydrogens is 283 g/mol. The monoisotopic (exact) mass is 298 g/mol. The van der Waals surface area contributed by atoms with E-state index in [4.69, 9.17) is 0 Å². The Labute approximate surface area is 126 Å². The van der Waals surface area contributed by atoms with Gasteiger partial charge in [0.1, 0.15) is 11.9 Å². The molecule has 0 aliphatic rings. The van der Waals surface area contributed by atoms with E-state index in [9.17, 15) is 14.3 Å². The Kier molecular flexibility index (Phi) is 3.89. The molecule has 1 unspecified atom stereocenters. The van der Waals surface area contributed by atoms with Crippen molar-refractivity contribution >= 4 is 16.9 Å². The van der Waals surface area contributed by atoms with Gasteiger partial charge >= 0.3 is 5.97 Å². The minimum Gasteiger partial charge on any atom is -0.480 e. The third-order valence-corrected chi connectivity index (χ3v) is 3.63. The fourth-order valence-electron chi connectivity index (χ4n) is 2.52. The molecule has 1 atom stereocenters. The van der Waals surface area contributed by atoms with Crippen LogP contribution in [-0.2, 0) is 11.3 Å². The van der Waals surface area contributed by atoms with Crippen LogP contribution in [0.5, 0.6) is 0 Å². The van der Waals surface area contributed by atoms with E-state index in [-0.39, 0.29) is 12.4 Å². The lowest BCUT2D eigenvalue weighted by atomic mass is 10.1. The van der Waals surface area contributed by atoms with E-state index < -0.39 is 12.0 Å². The van der Waals surface area contributed by atoms with Crippen LogP contribution in [0.1, 0.15) is 17.2 Å². The standard InChI is InChI=1S/C17H15FN2O2/c18-14-7-3-1-5-11(14)9-20-16(17(21)22)13-10-19-15-8-4-2-6-12(13)15/h1-8,10,16,19-20H,9H2,(H,21,22). The summed E-state index contributed by atoms with van der Waals surface area (Å²) in [6.07, 6.45) is 1.68. The fraction of sp³-hybridized carbons (Fsp3) is 0.118. The molecule has 1 heterocycles. The molecular formula is C17H15FN2O2. The third-order valence-electron chi connectivity index (χ3n) is 3.63. The summed E-state index contributed by atoms with van der Waals surface area (Å²) in [6, 6.07) is 12.9. The van der Waals surface area contributed by atoms with Crippen LogP contribution in [0.15, 0.2) is 54.7 Å². The molecule has 3 aromatic rings. The lowest BCUT2D eigenvalue weighted by Gasteiger charge is -2.14. The maximum Gasteiger partial charge on any atom is 0.325 e. The highest BCUT2D eigenvalue weighted by Crippen LogP contribution is 2.24. The highest BCUT2D eigenvalue weighted by Gasteiger charge is 2.22. The number of rotatable bonds is 5. The Morgan fingerprint density at radius 2 is 1.91 bits per heavy atom. The molecule has 22 heavy (non-hydrogen) atoms. The first kappa shape index (κ1) is 14.3. The van der Waals surface area contributed by atoms with Crippen LogP contribution in [0.25, 0.3) is 10.9 Å². The minimum absolute atomic E-state index is 0.142. The summed E-state index contributed by atoms with van der Waals surface area (Å²) in [6.45, 7) is 0.142. The van der Waals surface area contributed by atoms with Crippen molar-refractivity contribution in [3.8, 4) is 0 Å². The number of aliphatic carboxylic acids is 1. The number of halogens is 1. The molecule has 2 aromatic carbocycles. The maximum atomic E-state index is 13.6. The van der Waals surface area contributed by atoms with Crippen LogP contribution in [0.3, 0.4) is 0 Å². The van der Waals surface area contributed by atoms with Crippen LogP contribution < -0.4 is 5.32 Å². The van der Waals surface area contributed by atoms with E-state index in [1.165, 1.54) is 6.07 Å². The molecule has 0 saturated carbocycles. The number of H-pyrrole nitrogens is 1. The van der Waals surface area contributed by atoms with Gasteiger partial charge in [-0.25, -0.2) is 4.39 Å². The van der Waals surface area contributed by atoms with E-state index in [1.54, 1.807) is 24.4 Å². The number of aromatic amines is 1. The number of para-hydroxylation sites is 1. The van der Waals surface area contributed by atoms with Crippen molar-refractivity contribution in [2.75, 3.05) is 0 Å². The molecule has 0 aliphatic heterocycles. The molecule has 3 rings (SSSR count). The molecule has 0 saturated heterocycles. The first-order valence-electron chi connectivity index (χ1n) is 6.92. The number of benzene rings is 2. The van der Waals surface area contributed by atoms with E-state index in [0.717, 1.165) is 10.9 Å². The molecule has 5 heteroatoms. The van der Waals surface area contributed by atoms with Gasteiger partial charge in [-0.2, -0.15) is 0 Å². The average Bonchev–Trinajstić information content (AvgIpc) is 2.93. The number of fused-ring (bicyclic) bond motifs is 1. The number of aromatic nitrogens is 1. The quantitative estimate of drug-likeness (QED) is 0.677. The molecule has 1 aromatic heterocycles. The number of carbonyl (C=O) groups is 1. The first-order chi connectivity index (χ1) is 10.7. The largest absolute Gasteiger partial charge is 0.480 e. The van der Waals surface area contributed by atoms with Crippen LogP contribution in [0.2, 0.25) is 0 Å². The second-order valence-electron chi connectivity index (χ2n) is 5.03. The summed E-state index contributed by atoms with van der Waals surface area (Å²) in [5.41, 5.74) is 1.95. The van der Waals surface area contributed by atoms with Crippen LogP contribution in [0, 0.1) is 5.82 Å². The number of nitrogens with one attached hydrogen (secondary N) is 2. The highest BCUT2D eigenvalue weighted by molar-refractivity contribution is 5.89. The summed E-state index contributed by atoms with van der Waals surface area (Å²) in [5, 5.41) is 13.2. The van der Waals surface area contributed by atoms with Gasteiger partial charge in [0.15, 0.2) is 0 Å². The topological polar surface area (TPSA) is 65.1 Å². The molecule has 0 fully saturated rings. The molecule has 0 radical (unpaired) electrons. The molecule has 0 spiro atoms. The molecule has 0 aliphatic carbocycles. The Hall–Kier alpha value is -2.66. The third kappa shape index (κ3) is 2.71. The van der Waals surface area contributed by atoms with Crippen molar-refractivity contribution in [1.82, 2.24) is 10.3 Å². The zero-order chi connectivity index (χ0) is 15.5. The Morgan fingerprint density at radius 1 is 1.18 bits per heavy atom. The van der Waals surface area contributed by atoms with Gasteiger partial charge in [0.25, 0.3) is 0 Å². The zero-order valence-corrected chi connectivity index (χ0v) is 11.7. The Balaban J connectivity index is 1.88. The van der Waals surface area contributed by atoms with Crippen LogP contribution >= 0.6 is 0 Å². The summed E-state index contributed by atoms with van der Waals surface area (Å²) in [5.74, 6) is -1.35. The summed E-state index contributed by atoms with van der Waals surface area (Å²) in [4.78, 5) is 14.6. The van der Waals surface area contributed by atoms with Crippen LogP contribution in [0.4, 0.5) is 4.39 Å². The van der Waals surface area contributed by atoms with Gasteiger partial charge in [0, 0.05) is 34.8 Å². The smallest absolute Gasteiger partial charge is 0.325 e. The SMILES string of the molecule is O=C(O)C(NCc1ccccc1F)c1c[nH]c2ccccc12. The van der Waals surface area contributed by atoms with Gasteiger partial charge in [0.2, 0.25) is 0 Å². The van der Waals surface area contributed by atoms with Gasteiger partial charge < -0.3 is 10.1 Å². The van der Waals surface area contributed by atoms with Crippen LogP contribution in [-0.4, -0.2) is 16.1 Å². The fourth-order valence-corrected chi connectivity index (χ4v) is 2.52. The lowest BCUT2D eigenvalue weighted by molar-refractivity contribution is -0.139. The zero-order valence-electron chi connectivity index (χ0n) is 11.7. The normalized spacial score (nSPS) is 12.4. The van der Waals surface area contributed by atoms with Gasteiger partial charge in [0.05, 0.1) is 0 Å². The number of hydrogen-bond acceptors (Lipinski definition) is 2. The Bertz CT molecular complexity index is 813. The predicted molar refractivity (Wildman–Crippen MR) is 81.9 cm³/mol.